The van der Waals surface area contributed by atoms with Gasteiger partial charge in [-0.05, 0) is 29.8 Å². The molecule has 1 heterocycles. The van der Waals surface area contributed by atoms with E-state index in [-0.39, 0.29) is 4.90 Å². The fourth-order valence-corrected chi connectivity index (χ4v) is 3.24. The Morgan fingerprint density at radius 2 is 1.90 bits per heavy atom. The van der Waals surface area contributed by atoms with Gasteiger partial charge in [0.25, 0.3) is 0 Å². The Labute approximate surface area is 119 Å². The lowest BCUT2D eigenvalue weighted by Gasteiger charge is -2.20. The van der Waals surface area contributed by atoms with Crippen LogP contribution in [0, 0.1) is 0 Å². The van der Waals surface area contributed by atoms with Crippen LogP contribution in [-0.4, -0.2) is 24.3 Å². The third kappa shape index (κ3) is 3.15. The van der Waals surface area contributed by atoms with Crippen LogP contribution < -0.4 is 5.73 Å². The summed E-state index contributed by atoms with van der Waals surface area (Å²) in [6.07, 6.45) is 2.91. The van der Waals surface area contributed by atoms with Gasteiger partial charge in [-0.3, -0.25) is 4.98 Å². The van der Waals surface area contributed by atoms with E-state index in [1.54, 1.807) is 30.5 Å². The molecule has 0 aliphatic heterocycles. The molecule has 2 N–H and O–H groups in total. The largest absolute Gasteiger partial charge is 0.399 e. The topological polar surface area (TPSA) is 76.3 Å². The molecule has 2 rings (SSSR count). The molecule has 0 aliphatic rings. The number of nitrogens with zero attached hydrogens (tertiary/aromatic N) is 2. The van der Waals surface area contributed by atoms with Gasteiger partial charge in [0.05, 0.1) is 0 Å². The number of sulfonamides is 1. The van der Waals surface area contributed by atoms with Crippen LogP contribution in [-0.2, 0) is 16.6 Å². The molecule has 0 atom stereocenters. The Morgan fingerprint density at radius 1 is 1.20 bits per heavy atom. The van der Waals surface area contributed by atoms with Crippen molar-refractivity contribution >= 4 is 15.7 Å². The molecule has 0 fully saturated rings. The maximum absolute atomic E-state index is 12.5. The van der Waals surface area contributed by atoms with Crippen LogP contribution in [0.3, 0.4) is 0 Å². The summed E-state index contributed by atoms with van der Waals surface area (Å²) < 4.78 is 26.4. The van der Waals surface area contributed by atoms with Gasteiger partial charge < -0.3 is 5.73 Å². The second-order valence-electron chi connectivity index (χ2n) is 4.36. The van der Waals surface area contributed by atoms with E-state index < -0.39 is 10.0 Å². The molecule has 0 bridgehead atoms. The van der Waals surface area contributed by atoms with Gasteiger partial charge in [-0.1, -0.05) is 19.1 Å². The fraction of sp³-hybridized carbons (Fsp3) is 0.214. The monoisotopic (exact) mass is 291 g/mol. The average molecular weight is 291 g/mol. The molecule has 1 aromatic carbocycles. The highest BCUT2D eigenvalue weighted by Crippen LogP contribution is 2.17. The van der Waals surface area contributed by atoms with Crippen molar-refractivity contribution in [1.29, 1.82) is 0 Å². The van der Waals surface area contributed by atoms with E-state index in [0.29, 0.717) is 18.8 Å². The zero-order chi connectivity index (χ0) is 14.6. The lowest BCUT2D eigenvalue weighted by atomic mass is 10.2. The molecule has 6 heteroatoms. The number of nitrogen functional groups attached to an aromatic ring is 1. The van der Waals surface area contributed by atoms with Crippen LogP contribution in [0.25, 0.3) is 0 Å². The first-order valence-corrected chi connectivity index (χ1v) is 7.72. The maximum atomic E-state index is 12.5. The third-order valence-corrected chi connectivity index (χ3v) is 4.87. The Bertz CT molecular complexity index is 655. The zero-order valence-corrected chi connectivity index (χ0v) is 12.0. The average Bonchev–Trinajstić information content (AvgIpc) is 2.47. The Hall–Kier alpha value is -1.92. The van der Waals surface area contributed by atoms with Gasteiger partial charge in [0.2, 0.25) is 10.0 Å². The number of rotatable bonds is 5. The lowest BCUT2D eigenvalue weighted by Crippen LogP contribution is -2.30. The summed E-state index contributed by atoms with van der Waals surface area (Å²) in [7, 11) is -3.52. The van der Waals surface area contributed by atoms with Gasteiger partial charge in [-0.2, -0.15) is 4.31 Å². The molecular weight excluding hydrogens is 274 g/mol. The molecule has 0 unspecified atom stereocenters. The molecule has 0 radical (unpaired) electrons. The molecule has 20 heavy (non-hydrogen) atoms. The Kier molecular flexibility index (Phi) is 4.36. The number of hydrogen-bond donors (Lipinski definition) is 1. The van der Waals surface area contributed by atoms with Gasteiger partial charge in [0.1, 0.15) is 4.90 Å². The van der Waals surface area contributed by atoms with Crippen molar-refractivity contribution in [1.82, 2.24) is 9.29 Å². The van der Waals surface area contributed by atoms with Crippen molar-refractivity contribution < 1.29 is 8.42 Å². The zero-order valence-electron chi connectivity index (χ0n) is 11.2. The van der Waals surface area contributed by atoms with Crippen LogP contribution in [0.5, 0.6) is 0 Å². The highest BCUT2D eigenvalue weighted by molar-refractivity contribution is 7.89. The Morgan fingerprint density at radius 3 is 2.45 bits per heavy atom. The first-order valence-electron chi connectivity index (χ1n) is 6.28. The summed E-state index contributed by atoms with van der Waals surface area (Å²) in [5.74, 6) is 0. The minimum absolute atomic E-state index is 0.206. The summed E-state index contributed by atoms with van der Waals surface area (Å²) >= 11 is 0. The summed E-state index contributed by atoms with van der Waals surface area (Å²) in [4.78, 5) is 4.07. The second-order valence-corrected chi connectivity index (χ2v) is 6.30. The summed E-state index contributed by atoms with van der Waals surface area (Å²) in [5, 5.41) is 0. The van der Waals surface area contributed by atoms with E-state index in [4.69, 9.17) is 5.73 Å². The smallest absolute Gasteiger partial charge is 0.244 e. The molecule has 0 spiro atoms. The van der Waals surface area contributed by atoms with Crippen molar-refractivity contribution in [2.24, 2.45) is 0 Å². The minimum atomic E-state index is -3.52. The van der Waals surface area contributed by atoms with Crippen LogP contribution >= 0.6 is 0 Å². The van der Waals surface area contributed by atoms with Crippen molar-refractivity contribution in [2.75, 3.05) is 12.3 Å². The fourth-order valence-electron chi connectivity index (χ4n) is 1.84. The number of aromatic nitrogens is 1. The van der Waals surface area contributed by atoms with Gasteiger partial charge in [-0.15, -0.1) is 0 Å². The van der Waals surface area contributed by atoms with Gasteiger partial charge >= 0.3 is 0 Å². The van der Waals surface area contributed by atoms with E-state index in [9.17, 15) is 8.42 Å². The number of benzene rings is 1. The normalized spacial score (nSPS) is 11.7. The number of anilines is 1. The van der Waals surface area contributed by atoms with Gasteiger partial charge in [0.15, 0.2) is 0 Å². The van der Waals surface area contributed by atoms with E-state index in [1.807, 2.05) is 19.1 Å². The Balaban J connectivity index is 2.26. The number of hydrogen-bond acceptors (Lipinski definition) is 4. The quantitative estimate of drug-likeness (QED) is 0.853. The molecule has 0 amide bonds. The first kappa shape index (κ1) is 14.5. The maximum Gasteiger partial charge on any atom is 0.244 e. The molecule has 106 valence electrons. The molecular formula is C14H17N3O2S. The van der Waals surface area contributed by atoms with E-state index in [1.165, 1.54) is 10.5 Å². The molecule has 5 nitrogen and oxygen atoms in total. The molecule has 0 saturated carbocycles. The van der Waals surface area contributed by atoms with Crippen molar-refractivity contribution in [3.63, 3.8) is 0 Å². The first-order chi connectivity index (χ1) is 9.54. The number of pyridine rings is 1. The third-order valence-electron chi connectivity index (χ3n) is 2.96. The molecule has 0 saturated heterocycles. The standard InChI is InChI=1S/C14H17N3O2S/c1-2-17(11-12-5-7-13(15)8-6-12)20(18,19)14-4-3-9-16-10-14/h3-10H,2,11,15H2,1H3. The predicted octanol–water partition coefficient (Wildman–Crippen LogP) is 1.87. The molecule has 1 aromatic heterocycles. The van der Waals surface area contributed by atoms with Crippen molar-refractivity contribution in [3.05, 3.63) is 54.4 Å². The van der Waals surface area contributed by atoms with E-state index in [2.05, 4.69) is 4.98 Å². The van der Waals surface area contributed by atoms with Gasteiger partial charge in [0, 0.05) is 31.2 Å². The van der Waals surface area contributed by atoms with E-state index in [0.717, 1.165) is 5.56 Å². The van der Waals surface area contributed by atoms with Crippen LogP contribution in [0.1, 0.15) is 12.5 Å². The summed E-state index contributed by atoms with van der Waals surface area (Å²) in [6, 6.07) is 10.4. The summed E-state index contributed by atoms with van der Waals surface area (Å²) in [5.41, 5.74) is 7.18. The van der Waals surface area contributed by atoms with Crippen LogP contribution in [0.15, 0.2) is 53.7 Å². The van der Waals surface area contributed by atoms with Crippen LogP contribution in [0.2, 0.25) is 0 Å². The van der Waals surface area contributed by atoms with Crippen molar-refractivity contribution in [2.45, 2.75) is 18.4 Å². The minimum Gasteiger partial charge on any atom is -0.399 e. The number of nitrogens with two attached hydrogens (primary N) is 1. The lowest BCUT2D eigenvalue weighted by molar-refractivity contribution is 0.423. The van der Waals surface area contributed by atoms with Crippen molar-refractivity contribution in [3.8, 4) is 0 Å². The molecule has 0 aliphatic carbocycles. The second kappa shape index (κ2) is 6.02. The molecule has 2 aromatic rings. The van der Waals surface area contributed by atoms with E-state index >= 15 is 0 Å². The summed E-state index contributed by atoms with van der Waals surface area (Å²) in [6.45, 7) is 2.51. The SMILES string of the molecule is CCN(Cc1ccc(N)cc1)S(=O)(=O)c1cccnc1. The van der Waals surface area contributed by atoms with Gasteiger partial charge in [-0.25, -0.2) is 8.42 Å². The van der Waals surface area contributed by atoms with Crippen LogP contribution in [0.4, 0.5) is 5.69 Å². The highest BCUT2D eigenvalue weighted by Gasteiger charge is 2.23. The predicted molar refractivity (Wildman–Crippen MR) is 78.4 cm³/mol. The highest BCUT2D eigenvalue weighted by atomic mass is 32.2.